The number of halogens is 5. The topological polar surface area (TPSA) is 117 Å². The second kappa shape index (κ2) is 10.5. The Labute approximate surface area is 240 Å². The highest BCUT2D eigenvalue weighted by Crippen LogP contribution is 2.45. The highest BCUT2D eigenvalue weighted by Gasteiger charge is 2.48. The molecular formula is C29H24F5N5O4. The molecule has 2 aromatic heterocycles. The third-order valence-corrected chi connectivity index (χ3v) is 7.66. The molecule has 3 heterocycles. The van der Waals surface area contributed by atoms with Gasteiger partial charge >= 0.3 is 12.1 Å². The van der Waals surface area contributed by atoms with Gasteiger partial charge in [-0.15, -0.1) is 0 Å². The molecule has 0 saturated heterocycles. The number of fused-ring (bicyclic) bond motifs is 1. The summed E-state index contributed by atoms with van der Waals surface area (Å²) in [6, 6.07) is 8.74. The van der Waals surface area contributed by atoms with E-state index in [4.69, 9.17) is 4.52 Å². The number of aromatic nitrogens is 3. The molecule has 1 aliphatic heterocycles. The lowest BCUT2D eigenvalue weighted by Crippen LogP contribution is -2.43. The number of hydrogen-bond acceptors (Lipinski definition) is 7. The van der Waals surface area contributed by atoms with Gasteiger partial charge in [0.2, 0.25) is 5.54 Å². The van der Waals surface area contributed by atoms with Gasteiger partial charge in [-0.05, 0) is 61.4 Å². The highest BCUT2D eigenvalue weighted by molar-refractivity contribution is 5.83. The van der Waals surface area contributed by atoms with Crippen molar-refractivity contribution in [3.05, 3.63) is 89.2 Å². The minimum Gasteiger partial charge on any atom is -0.479 e. The van der Waals surface area contributed by atoms with Crippen molar-refractivity contribution >= 4 is 23.6 Å². The van der Waals surface area contributed by atoms with Crippen LogP contribution < -0.4 is 10.4 Å². The molecule has 0 amide bonds. The maximum Gasteiger partial charge on any atom is 0.417 e. The first-order valence-corrected chi connectivity index (χ1v) is 13.3. The average molecular weight is 602 g/mol. The monoisotopic (exact) mass is 601 g/mol. The fraction of sp³-hybridized carbons (Fsp3) is 0.276. The van der Waals surface area contributed by atoms with Crippen LogP contribution in [0.2, 0.25) is 0 Å². The second-order valence-corrected chi connectivity index (χ2v) is 10.4. The molecule has 0 bridgehead atoms. The lowest BCUT2D eigenvalue weighted by atomic mass is 9.88. The molecule has 224 valence electrons. The summed E-state index contributed by atoms with van der Waals surface area (Å²) in [6.45, 7) is -0.394. The lowest BCUT2D eigenvalue weighted by Gasteiger charge is -2.31. The van der Waals surface area contributed by atoms with Crippen molar-refractivity contribution in [2.45, 2.75) is 43.3 Å². The first kappa shape index (κ1) is 28.4. The number of carboxylic acids is 1. The lowest BCUT2D eigenvalue weighted by molar-refractivity contribution is -0.146. The first-order chi connectivity index (χ1) is 20.5. The molecule has 0 radical (unpaired) electrons. The van der Waals surface area contributed by atoms with Crippen LogP contribution in [0.1, 0.15) is 54.2 Å². The number of carboxylic acid groups (broad SMARTS) is 1. The molecule has 43 heavy (non-hydrogen) atoms. The average Bonchev–Trinajstić information content (AvgIpc) is 3.56. The number of carbonyl (C=O) groups is 1. The van der Waals surface area contributed by atoms with Gasteiger partial charge in [-0.2, -0.15) is 13.2 Å². The number of nitrogens with zero attached hydrogens (tertiary/aromatic N) is 4. The van der Waals surface area contributed by atoms with Crippen LogP contribution in [0.15, 0.2) is 59.5 Å². The summed E-state index contributed by atoms with van der Waals surface area (Å²) in [5.41, 5.74) is -0.101. The summed E-state index contributed by atoms with van der Waals surface area (Å²) >= 11 is 0. The largest absolute Gasteiger partial charge is 0.479 e. The summed E-state index contributed by atoms with van der Waals surface area (Å²) in [5.74, 6) is -3.79. The van der Waals surface area contributed by atoms with Crippen LogP contribution in [0.3, 0.4) is 0 Å². The zero-order valence-electron chi connectivity index (χ0n) is 22.3. The minimum absolute atomic E-state index is 0.0308. The quantitative estimate of drug-likeness (QED) is 0.196. The van der Waals surface area contributed by atoms with Gasteiger partial charge in [-0.1, -0.05) is 23.4 Å². The van der Waals surface area contributed by atoms with E-state index >= 15 is 0 Å². The summed E-state index contributed by atoms with van der Waals surface area (Å²) in [7, 11) is 0. The van der Waals surface area contributed by atoms with E-state index < -0.39 is 41.5 Å². The van der Waals surface area contributed by atoms with E-state index in [-0.39, 0.29) is 53.0 Å². The molecule has 2 aromatic carbocycles. The van der Waals surface area contributed by atoms with Crippen LogP contribution in [0.25, 0.3) is 17.3 Å². The van der Waals surface area contributed by atoms with Crippen molar-refractivity contribution in [3.63, 3.8) is 0 Å². The van der Waals surface area contributed by atoms with Crippen LogP contribution in [0.5, 0.6) is 0 Å². The van der Waals surface area contributed by atoms with Gasteiger partial charge in [-0.3, -0.25) is 10.4 Å². The predicted octanol–water partition coefficient (Wildman–Crippen LogP) is 6.13. The number of aliphatic carboxylic acids is 1. The third kappa shape index (κ3) is 4.90. The van der Waals surface area contributed by atoms with Gasteiger partial charge in [0.1, 0.15) is 11.4 Å². The zero-order chi connectivity index (χ0) is 30.5. The Morgan fingerprint density at radius 2 is 1.93 bits per heavy atom. The molecule has 1 atom stereocenters. The van der Waals surface area contributed by atoms with E-state index in [1.807, 2.05) is 0 Å². The molecule has 3 N–H and O–H groups in total. The first-order valence-electron chi connectivity index (χ1n) is 13.3. The van der Waals surface area contributed by atoms with Crippen molar-refractivity contribution in [2.24, 2.45) is 0 Å². The Kier molecular flexibility index (Phi) is 6.95. The SMILES string of the molecule is O=C(O)C(CCCO)(c1cc(-c2ccc(C3CC3)cc2C(F)(F)F)no1)n1cnc2c1C=CN(c1cccc(F)c1F)N2. The smallest absolute Gasteiger partial charge is 0.417 e. The number of nitrogens with one attached hydrogen (secondary N) is 1. The molecule has 6 rings (SSSR count). The molecule has 0 spiro atoms. The van der Waals surface area contributed by atoms with Gasteiger partial charge in [0.05, 0.1) is 17.6 Å². The molecule has 9 nitrogen and oxygen atoms in total. The number of aliphatic hydroxyl groups excluding tert-OH is 1. The van der Waals surface area contributed by atoms with E-state index in [9.17, 15) is 37.0 Å². The third-order valence-electron chi connectivity index (χ3n) is 7.66. The van der Waals surface area contributed by atoms with Crippen molar-refractivity contribution in [2.75, 3.05) is 17.0 Å². The van der Waals surface area contributed by atoms with E-state index in [2.05, 4.69) is 15.6 Å². The normalized spacial score (nSPS) is 16.1. The molecule has 1 unspecified atom stereocenters. The number of rotatable bonds is 9. The summed E-state index contributed by atoms with van der Waals surface area (Å²) in [4.78, 5) is 17.3. The fourth-order valence-electron chi connectivity index (χ4n) is 5.32. The number of aliphatic hydroxyl groups is 1. The van der Waals surface area contributed by atoms with Crippen LogP contribution >= 0.6 is 0 Å². The molecule has 4 aromatic rings. The Balaban J connectivity index is 1.43. The van der Waals surface area contributed by atoms with E-state index in [1.165, 1.54) is 41.4 Å². The van der Waals surface area contributed by atoms with Crippen molar-refractivity contribution in [1.82, 2.24) is 14.7 Å². The fourth-order valence-corrected chi connectivity index (χ4v) is 5.32. The molecule has 2 aliphatic rings. The van der Waals surface area contributed by atoms with E-state index in [0.717, 1.165) is 36.0 Å². The van der Waals surface area contributed by atoms with Crippen LogP contribution in [0, 0.1) is 11.6 Å². The molecule has 1 fully saturated rings. The Bertz CT molecular complexity index is 1730. The molecule has 14 heteroatoms. The minimum atomic E-state index is -4.70. The number of hydrogen-bond donors (Lipinski definition) is 3. The van der Waals surface area contributed by atoms with E-state index in [0.29, 0.717) is 5.56 Å². The zero-order valence-corrected chi connectivity index (χ0v) is 22.3. The number of benzene rings is 2. The summed E-state index contributed by atoms with van der Waals surface area (Å²) < 4.78 is 77.2. The second-order valence-electron chi connectivity index (χ2n) is 10.4. The predicted molar refractivity (Wildman–Crippen MR) is 144 cm³/mol. The summed E-state index contributed by atoms with van der Waals surface area (Å²) in [6.07, 6.45) is 0.555. The van der Waals surface area contributed by atoms with Crippen molar-refractivity contribution in [1.29, 1.82) is 0 Å². The van der Waals surface area contributed by atoms with Crippen LogP contribution in [-0.2, 0) is 16.5 Å². The van der Waals surface area contributed by atoms with Gasteiger partial charge in [0.15, 0.2) is 23.2 Å². The van der Waals surface area contributed by atoms with E-state index in [1.54, 1.807) is 6.07 Å². The number of anilines is 2. The number of imidazole rings is 1. The highest BCUT2D eigenvalue weighted by atomic mass is 19.4. The van der Waals surface area contributed by atoms with Gasteiger partial charge in [-0.25, -0.2) is 18.6 Å². The maximum absolute atomic E-state index is 14.4. The Morgan fingerprint density at radius 1 is 1.14 bits per heavy atom. The number of hydrazine groups is 1. The van der Waals surface area contributed by atoms with Crippen molar-refractivity contribution in [3.8, 4) is 11.3 Å². The Morgan fingerprint density at radius 3 is 2.63 bits per heavy atom. The molecular weight excluding hydrogens is 577 g/mol. The summed E-state index contributed by atoms with van der Waals surface area (Å²) in [5, 5.41) is 25.2. The van der Waals surface area contributed by atoms with Crippen LogP contribution in [-0.4, -0.2) is 37.5 Å². The van der Waals surface area contributed by atoms with Crippen LogP contribution in [0.4, 0.5) is 33.5 Å². The number of alkyl halides is 3. The van der Waals surface area contributed by atoms with Gasteiger partial charge in [0, 0.05) is 24.4 Å². The Hall–Kier alpha value is -4.72. The van der Waals surface area contributed by atoms with Gasteiger partial charge in [0.25, 0.3) is 0 Å². The molecule has 1 saturated carbocycles. The standard InChI is InChI=1S/C29H24F5N5O4/c30-20-3-1-4-22(25(20)31)39-11-9-23-26(36-39)35-15-38(23)28(27(41)42,10-2-12-40)24-14-21(37-43-24)18-8-7-17(16-5-6-16)13-19(18)29(32,33)34/h1,3-4,7-9,11,13-16,36,40H,2,5-6,10,12H2,(H,41,42). The molecule has 1 aliphatic carbocycles. The maximum atomic E-state index is 14.4. The van der Waals surface area contributed by atoms with Crippen molar-refractivity contribution < 1.29 is 41.5 Å². The van der Waals surface area contributed by atoms with Gasteiger partial charge < -0.3 is 19.3 Å².